The summed E-state index contributed by atoms with van der Waals surface area (Å²) < 4.78 is 25.0. The Morgan fingerprint density at radius 2 is 1.81 bits per heavy atom. The summed E-state index contributed by atoms with van der Waals surface area (Å²) >= 11 is 0. The van der Waals surface area contributed by atoms with Gasteiger partial charge < -0.3 is 10.4 Å². The first-order valence-electron chi connectivity index (χ1n) is 8.85. The van der Waals surface area contributed by atoms with Gasteiger partial charge >= 0.3 is 0 Å². The quantitative estimate of drug-likeness (QED) is 0.707. The van der Waals surface area contributed by atoms with Crippen molar-refractivity contribution in [1.82, 2.24) is 19.7 Å². The van der Waals surface area contributed by atoms with Crippen molar-refractivity contribution in [3.05, 3.63) is 36.7 Å². The zero-order valence-electron chi connectivity index (χ0n) is 14.9. The van der Waals surface area contributed by atoms with E-state index in [-0.39, 0.29) is 17.0 Å². The van der Waals surface area contributed by atoms with E-state index in [4.69, 9.17) is 0 Å². The highest BCUT2D eigenvalue weighted by atomic mass is 32.2. The minimum Gasteiger partial charge on any atom is -0.393 e. The average molecular weight is 387 g/mol. The Labute approximate surface area is 157 Å². The van der Waals surface area contributed by atoms with Gasteiger partial charge in [-0.05, 0) is 49.9 Å². The second-order valence-electron chi connectivity index (χ2n) is 6.95. The number of aliphatic hydroxyl groups excluding tert-OH is 1. The maximum absolute atomic E-state index is 11.6. The molecule has 0 radical (unpaired) electrons. The molecule has 0 bridgehead atoms. The molecule has 1 aliphatic carbocycles. The monoisotopic (exact) mass is 387 g/mol. The minimum atomic E-state index is -3.22. The largest absolute Gasteiger partial charge is 0.393 e. The van der Waals surface area contributed by atoms with E-state index < -0.39 is 9.84 Å². The third-order valence-corrected chi connectivity index (χ3v) is 6.01. The second-order valence-corrected chi connectivity index (χ2v) is 8.96. The fraction of sp³-hybridized carbons (Fsp3) is 0.389. The molecule has 0 amide bonds. The summed E-state index contributed by atoms with van der Waals surface area (Å²) in [4.78, 5) is 9.17. The van der Waals surface area contributed by atoms with Gasteiger partial charge in [-0.15, -0.1) is 0 Å². The number of aliphatic hydroxyl groups is 1. The molecule has 0 saturated heterocycles. The van der Waals surface area contributed by atoms with Crippen LogP contribution in [0.3, 0.4) is 0 Å². The fourth-order valence-corrected chi connectivity index (χ4v) is 4.01. The number of hydrogen-bond donors (Lipinski definition) is 2. The Kier molecular flexibility index (Phi) is 4.56. The van der Waals surface area contributed by atoms with Crippen molar-refractivity contribution in [3.63, 3.8) is 0 Å². The lowest BCUT2D eigenvalue weighted by molar-refractivity contribution is 0.109. The first kappa shape index (κ1) is 17.9. The molecule has 1 aliphatic rings. The van der Waals surface area contributed by atoms with Gasteiger partial charge in [-0.3, -0.25) is 0 Å². The summed E-state index contributed by atoms with van der Waals surface area (Å²) in [6.45, 7) is 0. The molecule has 2 heterocycles. The van der Waals surface area contributed by atoms with Crippen LogP contribution in [0.1, 0.15) is 31.7 Å². The van der Waals surface area contributed by atoms with Gasteiger partial charge in [-0.2, -0.15) is 10.1 Å². The summed E-state index contributed by atoms with van der Waals surface area (Å²) in [5.74, 6) is 0.423. The second kappa shape index (κ2) is 6.90. The van der Waals surface area contributed by atoms with Crippen LogP contribution in [-0.2, 0) is 9.84 Å². The van der Waals surface area contributed by atoms with Gasteiger partial charge in [0.05, 0.1) is 28.6 Å². The summed E-state index contributed by atoms with van der Waals surface area (Å²) in [6, 6.07) is 6.69. The molecule has 1 aromatic carbocycles. The van der Waals surface area contributed by atoms with Crippen molar-refractivity contribution >= 4 is 32.5 Å². The number of nitrogens with zero attached hydrogens (tertiary/aromatic N) is 4. The third kappa shape index (κ3) is 3.79. The maximum atomic E-state index is 11.6. The maximum Gasteiger partial charge on any atom is 0.229 e. The van der Waals surface area contributed by atoms with Crippen LogP contribution >= 0.6 is 0 Å². The van der Waals surface area contributed by atoms with E-state index in [0.29, 0.717) is 11.6 Å². The van der Waals surface area contributed by atoms with Gasteiger partial charge in [0.15, 0.2) is 15.5 Å². The molecule has 3 aromatic rings. The molecule has 2 aromatic heterocycles. The number of fused-ring (bicyclic) bond motifs is 1. The van der Waals surface area contributed by atoms with E-state index in [2.05, 4.69) is 20.4 Å². The summed E-state index contributed by atoms with van der Waals surface area (Å²) in [7, 11) is -3.22. The standard InChI is InChI=1S/C18H21N5O3S/c1-27(25,26)16-8-2-13(3-9-16)21-18-19-10-12-11-20-23(17(12)22-18)14-4-6-15(24)7-5-14/h2-3,8-11,14-15,24H,4-7H2,1H3,(H,19,21,22). The van der Waals surface area contributed by atoms with Crippen molar-refractivity contribution in [1.29, 1.82) is 0 Å². The van der Waals surface area contributed by atoms with Crippen molar-refractivity contribution in [2.75, 3.05) is 11.6 Å². The Hall–Kier alpha value is -2.52. The van der Waals surface area contributed by atoms with E-state index in [1.165, 1.54) is 6.26 Å². The summed E-state index contributed by atoms with van der Waals surface area (Å²) in [5.41, 5.74) is 1.45. The Morgan fingerprint density at radius 1 is 1.11 bits per heavy atom. The number of rotatable bonds is 4. The molecule has 0 spiro atoms. The normalized spacial score (nSPS) is 20.7. The minimum absolute atomic E-state index is 0.218. The third-order valence-electron chi connectivity index (χ3n) is 4.88. The van der Waals surface area contributed by atoms with Crippen molar-refractivity contribution in [2.45, 2.75) is 42.7 Å². The van der Waals surface area contributed by atoms with Crippen molar-refractivity contribution in [3.8, 4) is 0 Å². The molecule has 2 N–H and O–H groups in total. The molecule has 4 rings (SSSR count). The number of aromatic nitrogens is 4. The molecule has 1 saturated carbocycles. The molecule has 142 valence electrons. The molecule has 0 aliphatic heterocycles. The van der Waals surface area contributed by atoms with Crippen LogP contribution in [0.25, 0.3) is 11.0 Å². The first-order chi connectivity index (χ1) is 12.9. The van der Waals surface area contributed by atoms with Gasteiger partial charge in [0.2, 0.25) is 5.95 Å². The number of nitrogens with one attached hydrogen (secondary N) is 1. The number of benzene rings is 1. The van der Waals surface area contributed by atoms with E-state index in [0.717, 1.165) is 36.7 Å². The number of anilines is 2. The molecule has 1 fully saturated rings. The lowest BCUT2D eigenvalue weighted by Crippen LogP contribution is -2.22. The molecule has 0 unspecified atom stereocenters. The zero-order valence-corrected chi connectivity index (χ0v) is 15.7. The van der Waals surface area contributed by atoms with Crippen LogP contribution in [0, 0.1) is 0 Å². The molecule has 9 heteroatoms. The van der Waals surface area contributed by atoms with Gasteiger partial charge in [0, 0.05) is 18.1 Å². The van der Waals surface area contributed by atoms with Gasteiger partial charge in [-0.1, -0.05) is 0 Å². The van der Waals surface area contributed by atoms with Crippen LogP contribution < -0.4 is 5.32 Å². The highest BCUT2D eigenvalue weighted by molar-refractivity contribution is 7.90. The molecule has 0 atom stereocenters. The lowest BCUT2D eigenvalue weighted by Gasteiger charge is -2.25. The van der Waals surface area contributed by atoms with Crippen LogP contribution in [0.2, 0.25) is 0 Å². The average Bonchev–Trinajstić information content (AvgIpc) is 3.05. The van der Waals surface area contributed by atoms with Gasteiger partial charge in [0.1, 0.15) is 0 Å². The van der Waals surface area contributed by atoms with Crippen LogP contribution in [0.5, 0.6) is 0 Å². The van der Waals surface area contributed by atoms with E-state index in [1.54, 1.807) is 36.7 Å². The van der Waals surface area contributed by atoms with Crippen molar-refractivity contribution in [2.24, 2.45) is 0 Å². The number of sulfone groups is 1. The Bertz CT molecular complexity index is 1050. The lowest BCUT2D eigenvalue weighted by atomic mass is 9.93. The predicted molar refractivity (Wildman–Crippen MR) is 102 cm³/mol. The number of hydrogen-bond acceptors (Lipinski definition) is 7. The van der Waals surface area contributed by atoms with Crippen LogP contribution in [-0.4, -0.2) is 45.6 Å². The summed E-state index contributed by atoms with van der Waals surface area (Å²) in [6.07, 6.45) is 7.73. The van der Waals surface area contributed by atoms with Crippen LogP contribution in [0.15, 0.2) is 41.6 Å². The smallest absolute Gasteiger partial charge is 0.229 e. The molecular weight excluding hydrogens is 366 g/mol. The van der Waals surface area contributed by atoms with E-state index >= 15 is 0 Å². The molecule has 27 heavy (non-hydrogen) atoms. The highest BCUT2D eigenvalue weighted by Crippen LogP contribution is 2.30. The topological polar surface area (TPSA) is 110 Å². The Morgan fingerprint density at radius 3 is 2.48 bits per heavy atom. The predicted octanol–water partition coefficient (Wildman–Crippen LogP) is 2.45. The Balaban J connectivity index is 1.59. The van der Waals surface area contributed by atoms with Crippen molar-refractivity contribution < 1.29 is 13.5 Å². The van der Waals surface area contributed by atoms with Gasteiger partial charge in [0.25, 0.3) is 0 Å². The fourth-order valence-electron chi connectivity index (χ4n) is 3.38. The van der Waals surface area contributed by atoms with Gasteiger partial charge in [-0.25, -0.2) is 18.1 Å². The highest BCUT2D eigenvalue weighted by Gasteiger charge is 2.23. The van der Waals surface area contributed by atoms with E-state index in [9.17, 15) is 13.5 Å². The molecular formula is C18H21N5O3S. The molecule has 8 nitrogen and oxygen atoms in total. The van der Waals surface area contributed by atoms with Crippen LogP contribution in [0.4, 0.5) is 11.6 Å². The summed E-state index contributed by atoms with van der Waals surface area (Å²) in [5, 5.41) is 18.1. The zero-order chi connectivity index (χ0) is 19.0. The first-order valence-corrected chi connectivity index (χ1v) is 10.7. The van der Waals surface area contributed by atoms with E-state index in [1.807, 2.05) is 4.68 Å². The SMILES string of the molecule is CS(=O)(=O)c1ccc(Nc2ncc3cnn(C4CCC(O)CC4)c3n2)cc1.